The van der Waals surface area contributed by atoms with Gasteiger partial charge in [-0.25, -0.2) is 0 Å². The molecule has 0 aliphatic carbocycles. The first-order valence-electron chi connectivity index (χ1n) is 8.30. The summed E-state index contributed by atoms with van der Waals surface area (Å²) in [6.07, 6.45) is 2.41. The number of amides is 1. The van der Waals surface area contributed by atoms with E-state index < -0.39 is 0 Å². The van der Waals surface area contributed by atoms with Crippen LogP contribution < -0.4 is 0 Å². The summed E-state index contributed by atoms with van der Waals surface area (Å²) >= 11 is 1.88. The molecule has 1 fully saturated rings. The fourth-order valence-corrected chi connectivity index (χ4v) is 3.67. The Hall–Kier alpha value is -0.980. The second kappa shape index (κ2) is 9.35. The molecule has 1 aromatic rings. The molecule has 1 aromatic heterocycles. The highest BCUT2D eigenvalue weighted by atomic mass is 32.2. The number of aliphatic hydroxyl groups is 1. The average molecular weight is 341 g/mol. The van der Waals surface area contributed by atoms with Crippen LogP contribution in [0, 0.1) is 12.8 Å². The highest BCUT2D eigenvalue weighted by molar-refractivity contribution is 7.98. The zero-order chi connectivity index (χ0) is 16.7. The number of unbranched alkanes of at least 4 members (excludes halogenated alkanes) is 1. The topological polar surface area (TPSA) is 62.9 Å². The number of nitrogens with zero attached hydrogens (tertiary/aromatic N) is 1. The second-order valence-electron chi connectivity index (χ2n) is 5.97. The first kappa shape index (κ1) is 18.4. The maximum Gasteiger partial charge on any atom is 0.289 e. The monoisotopic (exact) mass is 341 g/mol. The van der Waals surface area contributed by atoms with Crippen molar-refractivity contribution in [3.8, 4) is 0 Å². The van der Waals surface area contributed by atoms with Gasteiger partial charge in [0.25, 0.3) is 5.91 Å². The van der Waals surface area contributed by atoms with E-state index in [1.807, 2.05) is 24.8 Å². The van der Waals surface area contributed by atoms with Crippen molar-refractivity contribution in [1.29, 1.82) is 0 Å². The van der Waals surface area contributed by atoms with Crippen molar-refractivity contribution in [3.63, 3.8) is 0 Å². The van der Waals surface area contributed by atoms with Crippen LogP contribution in [0.4, 0.5) is 0 Å². The lowest BCUT2D eigenvalue weighted by Gasteiger charge is -2.21. The molecule has 2 heterocycles. The Kier molecular flexibility index (Phi) is 7.46. The van der Waals surface area contributed by atoms with Crippen molar-refractivity contribution in [2.24, 2.45) is 5.92 Å². The first-order valence-corrected chi connectivity index (χ1v) is 9.46. The van der Waals surface area contributed by atoms with Gasteiger partial charge in [0.15, 0.2) is 5.76 Å². The minimum absolute atomic E-state index is 0.0263. The largest absolute Gasteiger partial charge is 0.456 e. The minimum Gasteiger partial charge on any atom is -0.456 e. The molecule has 1 aliphatic rings. The number of carbonyl (C=O) groups is 1. The van der Waals surface area contributed by atoms with Gasteiger partial charge in [-0.2, -0.15) is 11.8 Å². The van der Waals surface area contributed by atoms with Gasteiger partial charge in [-0.05, 0) is 25.2 Å². The number of thioether (sulfide) groups is 1. The number of hydrogen-bond acceptors (Lipinski definition) is 5. The quantitative estimate of drug-likeness (QED) is 0.773. The third-order valence-corrected chi connectivity index (χ3v) is 5.11. The fourth-order valence-electron chi connectivity index (χ4n) is 2.53. The van der Waals surface area contributed by atoms with Gasteiger partial charge in [0.2, 0.25) is 0 Å². The Labute approximate surface area is 142 Å². The van der Waals surface area contributed by atoms with Gasteiger partial charge < -0.3 is 19.2 Å². The lowest BCUT2D eigenvalue weighted by Crippen LogP contribution is -2.36. The van der Waals surface area contributed by atoms with Crippen molar-refractivity contribution >= 4 is 17.7 Å². The maximum absolute atomic E-state index is 12.6. The van der Waals surface area contributed by atoms with E-state index in [1.165, 1.54) is 12.8 Å². The molecule has 0 spiro atoms. The van der Waals surface area contributed by atoms with Crippen LogP contribution in [0.5, 0.6) is 0 Å². The summed E-state index contributed by atoms with van der Waals surface area (Å²) in [6.45, 7) is 6.17. The zero-order valence-corrected chi connectivity index (χ0v) is 14.9. The summed E-state index contributed by atoms with van der Waals surface area (Å²) in [5, 5.41) is 9.33. The van der Waals surface area contributed by atoms with Crippen LogP contribution in [0.15, 0.2) is 10.5 Å². The van der Waals surface area contributed by atoms with Gasteiger partial charge in [0.05, 0.1) is 13.2 Å². The second-order valence-corrected chi connectivity index (χ2v) is 7.08. The summed E-state index contributed by atoms with van der Waals surface area (Å²) in [5.74, 6) is 3.09. The molecule has 2 rings (SSSR count). The van der Waals surface area contributed by atoms with Crippen molar-refractivity contribution in [3.05, 3.63) is 23.2 Å². The Morgan fingerprint density at radius 3 is 3.09 bits per heavy atom. The number of aliphatic hydroxyl groups excluding tert-OH is 1. The molecule has 1 amide bonds. The van der Waals surface area contributed by atoms with Gasteiger partial charge in [0.1, 0.15) is 5.76 Å². The predicted octanol–water partition coefficient (Wildman–Crippen LogP) is 2.70. The van der Waals surface area contributed by atoms with E-state index in [4.69, 9.17) is 9.15 Å². The molecule has 0 saturated carbocycles. The third-order valence-electron chi connectivity index (χ3n) is 4.01. The van der Waals surface area contributed by atoms with E-state index in [-0.39, 0.29) is 18.4 Å². The molecule has 1 atom stereocenters. The van der Waals surface area contributed by atoms with E-state index >= 15 is 0 Å². The summed E-state index contributed by atoms with van der Waals surface area (Å²) in [5.41, 5.74) is 1.10. The van der Waals surface area contributed by atoms with Gasteiger partial charge in [0, 0.05) is 36.9 Å². The van der Waals surface area contributed by atoms with E-state index in [9.17, 15) is 9.90 Å². The molecule has 6 heteroatoms. The number of hydrogen-bond donors (Lipinski definition) is 1. The van der Waals surface area contributed by atoms with Crippen LogP contribution in [0.3, 0.4) is 0 Å². The van der Waals surface area contributed by atoms with Crippen molar-refractivity contribution < 1.29 is 19.1 Å². The molecule has 0 unspecified atom stereocenters. The van der Waals surface area contributed by atoms with Gasteiger partial charge >= 0.3 is 0 Å². The van der Waals surface area contributed by atoms with Crippen LogP contribution in [0.2, 0.25) is 0 Å². The van der Waals surface area contributed by atoms with Crippen LogP contribution in [0.1, 0.15) is 41.6 Å². The van der Waals surface area contributed by atoms with E-state index in [0.717, 1.165) is 22.8 Å². The highest BCUT2D eigenvalue weighted by Gasteiger charge is 2.25. The molecule has 1 N–H and O–H groups in total. The summed E-state index contributed by atoms with van der Waals surface area (Å²) in [4.78, 5) is 14.4. The Bertz CT molecular complexity index is 503. The first-order chi connectivity index (χ1) is 11.2. The number of aryl methyl sites for hydroxylation is 1. The predicted molar refractivity (Wildman–Crippen MR) is 91.8 cm³/mol. The average Bonchev–Trinajstić information content (AvgIpc) is 2.77. The number of rotatable bonds is 7. The number of ether oxygens (including phenoxy) is 1. The standard InChI is InChI=1S/C17H27NO4S/c1-3-4-7-23-12-15-8-16(22-13(15)2)17(20)18-5-6-21-11-14(9-18)10-19/h8,14,19H,3-7,9-12H2,1-2H3/t14-/m1/s1. The van der Waals surface area contributed by atoms with Crippen molar-refractivity contribution in [1.82, 2.24) is 4.90 Å². The van der Waals surface area contributed by atoms with Gasteiger partial charge in [-0.3, -0.25) is 4.79 Å². The molecular weight excluding hydrogens is 314 g/mol. The number of carbonyl (C=O) groups excluding carboxylic acids is 1. The van der Waals surface area contributed by atoms with Crippen LogP contribution in [-0.4, -0.2) is 54.6 Å². The van der Waals surface area contributed by atoms with Crippen LogP contribution >= 0.6 is 11.8 Å². The highest BCUT2D eigenvalue weighted by Crippen LogP contribution is 2.22. The molecule has 1 aliphatic heterocycles. The maximum atomic E-state index is 12.6. The number of furan rings is 1. The minimum atomic E-state index is -0.109. The molecule has 0 radical (unpaired) electrons. The van der Waals surface area contributed by atoms with Gasteiger partial charge in [-0.15, -0.1) is 0 Å². The fraction of sp³-hybridized carbons (Fsp3) is 0.706. The Balaban J connectivity index is 1.98. The molecule has 130 valence electrons. The molecule has 1 saturated heterocycles. The van der Waals surface area contributed by atoms with Crippen LogP contribution in [0.25, 0.3) is 0 Å². The molecule has 0 aromatic carbocycles. The van der Waals surface area contributed by atoms with E-state index in [2.05, 4.69) is 6.92 Å². The lowest BCUT2D eigenvalue weighted by atomic mass is 10.1. The molecular formula is C17H27NO4S. The molecule has 23 heavy (non-hydrogen) atoms. The third kappa shape index (κ3) is 5.26. The zero-order valence-electron chi connectivity index (χ0n) is 14.0. The summed E-state index contributed by atoms with van der Waals surface area (Å²) < 4.78 is 11.1. The Morgan fingerprint density at radius 1 is 1.52 bits per heavy atom. The van der Waals surface area contributed by atoms with Crippen molar-refractivity contribution in [2.75, 3.05) is 38.7 Å². The van der Waals surface area contributed by atoms with E-state index in [1.54, 1.807) is 4.90 Å². The lowest BCUT2D eigenvalue weighted by molar-refractivity contribution is 0.0695. The summed E-state index contributed by atoms with van der Waals surface area (Å²) in [6, 6.07) is 1.87. The SMILES string of the molecule is CCCCSCc1cc(C(=O)N2CCOC[C@@H](CO)C2)oc1C. The van der Waals surface area contributed by atoms with Gasteiger partial charge in [-0.1, -0.05) is 13.3 Å². The normalized spacial score (nSPS) is 18.9. The summed E-state index contributed by atoms with van der Waals surface area (Å²) in [7, 11) is 0. The molecule has 0 bridgehead atoms. The van der Waals surface area contributed by atoms with Crippen molar-refractivity contribution in [2.45, 2.75) is 32.4 Å². The van der Waals surface area contributed by atoms with Crippen LogP contribution in [-0.2, 0) is 10.5 Å². The Morgan fingerprint density at radius 2 is 2.35 bits per heavy atom. The molecule has 5 nitrogen and oxygen atoms in total. The smallest absolute Gasteiger partial charge is 0.289 e. The van der Waals surface area contributed by atoms with E-state index in [0.29, 0.717) is 32.1 Å².